The molecular formula is C17H26ClNO3S. The van der Waals surface area contributed by atoms with Crippen molar-refractivity contribution in [2.24, 2.45) is 5.92 Å². The van der Waals surface area contributed by atoms with Gasteiger partial charge in [0.1, 0.15) is 0 Å². The molecule has 0 saturated carbocycles. The fraction of sp³-hybridized carbons (Fsp3) is 0.647. The Bertz CT molecular complexity index is 485. The maximum absolute atomic E-state index is 11.8. The minimum atomic E-state index is -0.189. The second-order valence-electron chi connectivity index (χ2n) is 5.43. The standard InChI is InChI=1S/C17H26ClNO3S/c1-3-5-6-13(4-2)12-22-16(21)8-10-23-15-7-9-19-14(11-20)17(15)18/h7,9,13,20H,3-6,8,10-12H2,1-2H3. The maximum Gasteiger partial charge on any atom is 0.306 e. The van der Waals surface area contributed by atoms with E-state index in [1.807, 2.05) is 0 Å². The molecule has 1 heterocycles. The van der Waals surface area contributed by atoms with E-state index in [9.17, 15) is 4.79 Å². The van der Waals surface area contributed by atoms with E-state index in [2.05, 4.69) is 18.8 Å². The van der Waals surface area contributed by atoms with Gasteiger partial charge in [-0.1, -0.05) is 44.7 Å². The zero-order chi connectivity index (χ0) is 17.1. The fourth-order valence-corrected chi connectivity index (χ4v) is 3.34. The second kappa shape index (κ2) is 11.7. The van der Waals surface area contributed by atoms with E-state index >= 15 is 0 Å². The number of aliphatic hydroxyl groups is 1. The van der Waals surface area contributed by atoms with Crippen molar-refractivity contribution < 1.29 is 14.6 Å². The number of esters is 1. The van der Waals surface area contributed by atoms with Crippen LogP contribution in [-0.4, -0.2) is 28.4 Å². The second-order valence-corrected chi connectivity index (χ2v) is 6.94. The third-order valence-corrected chi connectivity index (χ3v) is 5.26. The Hall–Kier alpha value is -0.780. The molecule has 130 valence electrons. The summed E-state index contributed by atoms with van der Waals surface area (Å²) in [5, 5.41) is 9.59. The third-order valence-electron chi connectivity index (χ3n) is 3.66. The first-order valence-electron chi connectivity index (χ1n) is 8.14. The van der Waals surface area contributed by atoms with Crippen molar-refractivity contribution in [1.82, 2.24) is 4.98 Å². The average molecular weight is 360 g/mol. The molecule has 0 aliphatic heterocycles. The molecule has 1 rings (SSSR count). The molecule has 0 aromatic carbocycles. The highest BCUT2D eigenvalue weighted by molar-refractivity contribution is 7.99. The molecule has 0 aliphatic carbocycles. The lowest BCUT2D eigenvalue weighted by atomic mass is 10.0. The minimum absolute atomic E-state index is 0.167. The highest BCUT2D eigenvalue weighted by atomic mass is 35.5. The number of carbonyl (C=O) groups excluding carboxylic acids is 1. The topological polar surface area (TPSA) is 59.4 Å². The number of carbonyl (C=O) groups is 1. The molecule has 23 heavy (non-hydrogen) atoms. The molecule has 0 fully saturated rings. The SMILES string of the molecule is CCCCC(CC)COC(=O)CCSc1ccnc(CO)c1Cl. The van der Waals surface area contributed by atoms with Crippen LogP contribution in [0.4, 0.5) is 0 Å². The van der Waals surface area contributed by atoms with Crippen LogP contribution >= 0.6 is 23.4 Å². The van der Waals surface area contributed by atoms with Crippen molar-refractivity contribution in [3.63, 3.8) is 0 Å². The van der Waals surface area contributed by atoms with E-state index in [0.717, 1.165) is 17.7 Å². The summed E-state index contributed by atoms with van der Waals surface area (Å²) >= 11 is 7.61. The van der Waals surface area contributed by atoms with Gasteiger partial charge in [0.25, 0.3) is 0 Å². The molecule has 0 aliphatic rings. The van der Waals surface area contributed by atoms with Crippen LogP contribution in [0, 0.1) is 5.92 Å². The summed E-state index contributed by atoms with van der Waals surface area (Å²) in [6.45, 7) is 4.63. The zero-order valence-corrected chi connectivity index (χ0v) is 15.5. The number of nitrogens with zero attached hydrogens (tertiary/aromatic N) is 1. The Morgan fingerprint density at radius 2 is 2.26 bits per heavy atom. The number of hydrogen-bond donors (Lipinski definition) is 1. The van der Waals surface area contributed by atoms with Crippen LogP contribution in [0.25, 0.3) is 0 Å². The van der Waals surface area contributed by atoms with Gasteiger partial charge in [0, 0.05) is 16.8 Å². The first-order valence-corrected chi connectivity index (χ1v) is 9.51. The number of rotatable bonds is 11. The molecule has 1 unspecified atom stereocenters. The normalized spacial score (nSPS) is 12.2. The van der Waals surface area contributed by atoms with Gasteiger partial charge < -0.3 is 9.84 Å². The lowest BCUT2D eigenvalue weighted by Crippen LogP contribution is -2.14. The molecule has 0 bridgehead atoms. The zero-order valence-electron chi connectivity index (χ0n) is 13.9. The van der Waals surface area contributed by atoms with Crippen molar-refractivity contribution in [1.29, 1.82) is 0 Å². The molecule has 6 heteroatoms. The van der Waals surface area contributed by atoms with Gasteiger partial charge in [0.2, 0.25) is 0 Å². The van der Waals surface area contributed by atoms with Crippen LogP contribution in [-0.2, 0) is 16.1 Å². The summed E-state index contributed by atoms with van der Waals surface area (Å²) in [7, 11) is 0. The molecule has 1 atom stereocenters. The number of unbranched alkanes of at least 4 members (excludes halogenated alkanes) is 1. The maximum atomic E-state index is 11.8. The van der Waals surface area contributed by atoms with Crippen LogP contribution in [0.5, 0.6) is 0 Å². The van der Waals surface area contributed by atoms with Crippen LogP contribution in [0.1, 0.15) is 51.6 Å². The number of halogens is 1. The van der Waals surface area contributed by atoms with E-state index in [0.29, 0.717) is 35.4 Å². The van der Waals surface area contributed by atoms with Gasteiger partial charge in [-0.2, -0.15) is 0 Å². The van der Waals surface area contributed by atoms with Crippen LogP contribution in [0.15, 0.2) is 17.2 Å². The number of thioether (sulfide) groups is 1. The number of aliphatic hydroxyl groups excluding tert-OH is 1. The van der Waals surface area contributed by atoms with Gasteiger partial charge in [-0.15, -0.1) is 11.8 Å². The van der Waals surface area contributed by atoms with E-state index in [1.165, 1.54) is 24.6 Å². The molecule has 4 nitrogen and oxygen atoms in total. The molecular weight excluding hydrogens is 334 g/mol. The monoisotopic (exact) mass is 359 g/mol. The first kappa shape index (κ1) is 20.3. The van der Waals surface area contributed by atoms with E-state index in [-0.39, 0.29) is 12.6 Å². The summed E-state index contributed by atoms with van der Waals surface area (Å²) in [5.41, 5.74) is 0.459. The molecule has 0 radical (unpaired) electrons. The minimum Gasteiger partial charge on any atom is -0.465 e. The van der Waals surface area contributed by atoms with Crippen molar-refractivity contribution in [2.45, 2.75) is 57.5 Å². The summed E-state index contributed by atoms with van der Waals surface area (Å²) < 4.78 is 5.37. The average Bonchev–Trinajstić information content (AvgIpc) is 2.56. The molecule has 0 saturated heterocycles. The van der Waals surface area contributed by atoms with Crippen LogP contribution in [0.2, 0.25) is 5.02 Å². The molecule has 1 aromatic heterocycles. The number of hydrogen-bond acceptors (Lipinski definition) is 5. The quantitative estimate of drug-likeness (QED) is 0.466. The van der Waals surface area contributed by atoms with Crippen molar-refractivity contribution in [3.8, 4) is 0 Å². The van der Waals surface area contributed by atoms with Crippen molar-refractivity contribution in [3.05, 3.63) is 23.0 Å². The van der Waals surface area contributed by atoms with Gasteiger partial charge in [-0.25, -0.2) is 0 Å². The largest absolute Gasteiger partial charge is 0.465 e. The Morgan fingerprint density at radius 1 is 1.48 bits per heavy atom. The molecule has 0 spiro atoms. The summed E-state index contributed by atoms with van der Waals surface area (Å²) in [6, 6.07) is 1.79. The highest BCUT2D eigenvalue weighted by Gasteiger charge is 2.11. The summed E-state index contributed by atoms with van der Waals surface area (Å²) in [6.07, 6.45) is 6.47. The van der Waals surface area contributed by atoms with Gasteiger partial charge in [0.05, 0.1) is 30.4 Å². The Kier molecular flexibility index (Phi) is 10.3. The third kappa shape index (κ3) is 7.55. The van der Waals surface area contributed by atoms with Gasteiger partial charge in [-0.3, -0.25) is 9.78 Å². The smallest absolute Gasteiger partial charge is 0.306 e. The lowest BCUT2D eigenvalue weighted by Gasteiger charge is -2.14. The molecule has 0 amide bonds. The highest BCUT2D eigenvalue weighted by Crippen LogP contribution is 2.29. The molecule has 1 N–H and O–H groups in total. The molecule has 1 aromatic rings. The van der Waals surface area contributed by atoms with E-state index in [4.69, 9.17) is 21.4 Å². The van der Waals surface area contributed by atoms with Gasteiger partial charge >= 0.3 is 5.97 Å². The Morgan fingerprint density at radius 3 is 2.91 bits per heavy atom. The van der Waals surface area contributed by atoms with Crippen molar-refractivity contribution in [2.75, 3.05) is 12.4 Å². The van der Waals surface area contributed by atoms with E-state index < -0.39 is 0 Å². The Balaban J connectivity index is 2.31. The summed E-state index contributed by atoms with van der Waals surface area (Å²) in [4.78, 5) is 16.6. The van der Waals surface area contributed by atoms with Gasteiger partial charge in [0.15, 0.2) is 0 Å². The van der Waals surface area contributed by atoms with E-state index in [1.54, 1.807) is 12.3 Å². The number of aromatic nitrogens is 1. The van der Waals surface area contributed by atoms with Crippen molar-refractivity contribution >= 4 is 29.3 Å². The fourth-order valence-electron chi connectivity index (χ4n) is 2.11. The van der Waals surface area contributed by atoms with Crippen LogP contribution < -0.4 is 0 Å². The van der Waals surface area contributed by atoms with Crippen LogP contribution in [0.3, 0.4) is 0 Å². The number of ether oxygens (including phenoxy) is 1. The first-order chi connectivity index (χ1) is 11.1. The lowest BCUT2D eigenvalue weighted by molar-refractivity contribution is -0.144. The summed E-state index contributed by atoms with van der Waals surface area (Å²) in [5.74, 6) is 0.896. The Labute approximate surface area is 148 Å². The predicted octanol–water partition coefficient (Wildman–Crippen LogP) is 4.47. The van der Waals surface area contributed by atoms with Gasteiger partial charge in [-0.05, 0) is 18.4 Å². The predicted molar refractivity (Wildman–Crippen MR) is 94.8 cm³/mol. The number of pyridine rings is 1.